The summed E-state index contributed by atoms with van der Waals surface area (Å²) in [5, 5.41) is 0. The van der Waals surface area contributed by atoms with Gasteiger partial charge in [-0.25, -0.2) is 0 Å². The summed E-state index contributed by atoms with van der Waals surface area (Å²) >= 11 is 0. The van der Waals surface area contributed by atoms with Gasteiger partial charge in [-0.1, -0.05) is 18.2 Å². The zero-order chi connectivity index (χ0) is 13.8. The topological polar surface area (TPSA) is 35.2 Å². The van der Waals surface area contributed by atoms with Gasteiger partial charge in [-0.2, -0.15) is 0 Å². The second-order valence-corrected chi connectivity index (χ2v) is 5.05. The van der Waals surface area contributed by atoms with Gasteiger partial charge in [-0.3, -0.25) is 0 Å². The minimum atomic E-state index is 0.862. The van der Waals surface area contributed by atoms with Crippen molar-refractivity contribution < 1.29 is 4.74 Å². The van der Waals surface area contributed by atoms with E-state index in [0.717, 1.165) is 29.8 Å². The Kier molecular flexibility index (Phi) is 4.10. The monoisotopic (exact) mass is 255 g/mol. The third-order valence-electron chi connectivity index (χ3n) is 3.38. The van der Waals surface area contributed by atoms with E-state index in [2.05, 4.69) is 44.2 Å². The Morgan fingerprint density at radius 1 is 0.947 bits per heavy atom. The summed E-state index contributed by atoms with van der Waals surface area (Å²) in [4.78, 5) is 0. The van der Waals surface area contributed by atoms with Crippen LogP contribution in [-0.2, 0) is 12.8 Å². The molecule has 0 aromatic heterocycles. The molecule has 0 atom stereocenters. The molecule has 0 aliphatic rings. The predicted octanol–water partition coefficient (Wildman–Crippen LogP) is 3.68. The summed E-state index contributed by atoms with van der Waals surface area (Å²) in [5.41, 5.74) is 11.7. The maximum atomic E-state index is 5.84. The van der Waals surface area contributed by atoms with E-state index in [4.69, 9.17) is 10.5 Å². The summed E-state index contributed by atoms with van der Waals surface area (Å²) in [6, 6.07) is 12.6. The van der Waals surface area contributed by atoms with E-state index in [0.29, 0.717) is 0 Å². The maximum Gasteiger partial charge on any atom is 0.119 e. The van der Waals surface area contributed by atoms with Crippen LogP contribution in [0.4, 0.5) is 5.69 Å². The van der Waals surface area contributed by atoms with Gasteiger partial charge in [-0.05, 0) is 67.1 Å². The van der Waals surface area contributed by atoms with Crippen molar-refractivity contribution in [2.24, 2.45) is 0 Å². The minimum Gasteiger partial charge on any atom is -0.497 e. The van der Waals surface area contributed by atoms with Crippen molar-refractivity contribution in [3.63, 3.8) is 0 Å². The quantitative estimate of drug-likeness (QED) is 0.846. The fraction of sp³-hybridized carbons (Fsp3) is 0.294. The van der Waals surface area contributed by atoms with Crippen molar-refractivity contribution in [2.75, 3.05) is 12.8 Å². The van der Waals surface area contributed by atoms with Crippen LogP contribution >= 0.6 is 0 Å². The van der Waals surface area contributed by atoms with Gasteiger partial charge in [0, 0.05) is 5.69 Å². The molecule has 0 bridgehead atoms. The summed E-state index contributed by atoms with van der Waals surface area (Å²) in [6.07, 6.45) is 2.04. The molecule has 0 saturated heterocycles. The van der Waals surface area contributed by atoms with Crippen molar-refractivity contribution in [3.05, 3.63) is 58.7 Å². The average Bonchev–Trinajstić information content (AvgIpc) is 2.39. The van der Waals surface area contributed by atoms with Crippen LogP contribution in [0.25, 0.3) is 0 Å². The highest BCUT2D eigenvalue weighted by atomic mass is 16.5. The van der Waals surface area contributed by atoms with Crippen LogP contribution in [0, 0.1) is 13.8 Å². The lowest BCUT2D eigenvalue weighted by Crippen LogP contribution is -1.96. The van der Waals surface area contributed by atoms with Crippen LogP contribution in [0.5, 0.6) is 5.75 Å². The molecular weight excluding hydrogens is 234 g/mol. The Hall–Kier alpha value is -1.96. The molecule has 19 heavy (non-hydrogen) atoms. The Balaban J connectivity index is 2.09. The summed E-state index contributed by atoms with van der Waals surface area (Å²) in [5.74, 6) is 0.934. The average molecular weight is 255 g/mol. The normalized spacial score (nSPS) is 10.5. The third-order valence-corrected chi connectivity index (χ3v) is 3.38. The highest BCUT2D eigenvalue weighted by Crippen LogP contribution is 2.19. The molecule has 0 aliphatic heterocycles. The molecule has 2 heteroatoms. The summed E-state index contributed by atoms with van der Waals surface area (Å²) in [6.45, 7) is 4.15. The van der Waals surface area contributed by atoms with Crippen molar-refractivity contribution in [1.29, 1.82) is 0 Å². The second-order valence-electron chi connectivity index (χ2n) is 5.05. The molecule has 0 amide bonds. The standard InChI is InChI=1S/C17H21NO/c1-12-8-15(11-16(9-12)19-3)5-4-14-6-7-17(18)13(2)10-14/h6-11H,4-5,18H2,1-3H3. The number of nitrogen functional groups attached to an aromatic ring is 1. The molecule has 0 saturated carbocycles. The van der Waals surface area contributed by atoms with Crippen LogP contribution in [0.1, 0.15) is 22.3 Å². The predicted molar refractivity (Wildman–Crippen MR) is 80.7 cm³/mol. The van der Waals surface area contributed by atoms with Gasteiger partial charge in [-0.15, -0.1) is 0 Å². The van der Waals surface area contributed by atoms with Gasteiger partial charge >= 0.3 is 0 Å². The molecule has 0 radical (unpaired) electrons. The van der Waals surface area contributed by atoms with E-state index in [9.17, 15) is 0 Å². The van der Waals surface area contributed by atoms with E-state index in [1.54, 1.807) is 7.11 Å². The minimum absolute atomic E-state index is 0.862. The lowest BCUT2D eigenvalue weighted by Gasteiger charge is -2.08. The van der Waals surface area contributed by atoms with Crippen molar-refractivity contribution in [1.82, 2.24) is 0 Å². The molecule has 2 aromatic rings. The highest BCUT2D eigenvalue weighted by Gasteiger charge is 2.01. The van der Waals surface area contributed by atoms with E-state index in [-0.39, 0.29) is 0 Å². The zero-order valence-corrected chi connectivity index (χ0v) is 11.9. The molecule has 0 aliphatic carbocycles. The first-order valence-corrected chi connectivity index (χ1v) is 6.58. The van der Waals surface area contributed by atoms with Gasteiger partial charge in [0.15, 0.2) is 0 Å². The fourth-order valence-electron chi connectivity index (χ4n) is 2.27. The first kappa shape index (κ1) is 13.5. The molecule has 2 aromatic carbocycles. The Morgan fingerprint density at radius 3 is 2.37 bits per heavy atom. The lowest BCUT2D eigenvalue weighted by molar-refractivity contribution is 0.414. The Morgan fingerprint density at radius 2 is 1.68 bits per heavy atom. The van der Waals surface area contributed by atoms with Gasteiger partial charge in [0.1, 0.15) is 5.75 Å². The number of rotatable bonds is 4. The van der Waals surface area contributed by atoms with Crippen LogP contribution < -0.4 is 10.5 Å². The van der Waals surface area contributed by atoms with Crippen LogP contribution in [0.15, 0.2) is 36.4 Å². The number of aryl methyl sites for hydroxylation is 4. The zero-order valence-electron chi connectivity index (χ0n) is 11.9. The smallest absolute Gasteiger partial charge is 0.119 e. The fourth-order valence-corrected chi connectivity index (χ4v) is 2.27. The number of hydrogen-bond acceptors (Lipinski definition) is 2. The molecule has 0 spiro atoms. The molecule has 2 N–H and O–H groups in total. The number of ether oxygens (including phenoxy) is 1. The SMILES string of the molecule is COc1cc(C)cc(CCc2ccc(N)c(C)c2)c1. The van der Waals surface area contributed by atoms with Gasteiger partial charge < -0.3 is 10.5 Å². The third kappa shape index (κ3) is 3.50. The molecule has 0 unspecified atom stereocenters. The highest BCUT2D eigenvalue weighted by molar-refractivity contribution is 5.47. The summed E-state index contributed by atoms with van der Waals surface area (Å²) in [7, 11) is 1.71. The largest absolute Gasteiger partial charge is 0.497 e. The Labute approximate surface area is 115 Å². The van der Waals surface area contributed by atoms with Crippen molar-refractivity contribution >= 4 is 5.69 Å². The number of nitrogens with two attached hydrogens (primary N) is 1. The Bertz CT molecular complexity index is 575. The number of methoxy groups -OCH3 is 1. The number of anilines is 1. The van der Waals surface area contributed by atoms with Crippen molar-refractivity contribution in [2.45, 2.75) is 26.7 Å². The van der Waals surface area contributed by atoms with E-state index < -0.39 is 0 Å². The van der Waals surface area contributed by atoms with Crippen LogP contribution in [-0.4, -0.2) is 7.11 Å². The molecule has 0 heterocycles. The summed E-state index contributed by atoms with van der Waals surface area (Å²) < 4.78 is 5.31. The molecule has 2 nitrogen and oxygen atoms in total. The van der Waals surface area contributed by atoms with Gasteiger partial charge in [0.05, 0.1) is 7.11 Å². The molecule has 2 rings (SSSR count). The molecular formula is C17H21NO. The molecule has 0 fully saturated rings. The van der Waals surface area contributed by atoms with E-state index in [1.807, 2.05) is 6.07 Å². The number of hydrogen-bond donors (Lipinski definition) is 1. The van der Waals surface area contributed by atoms with E-state index in [1.165, 1.54) is 16.7 Å². The maximum absolute atomic E-state index is 5.84. The lowest BCUT2D eigenvalue weighted by atomic mass is 10.0. The first-order chi connectivity index (χ1) is 9.08. The van der Waals surface area contributed by atoms with Crippen molar-refractivity contribution in [3.8, 4) is 5.75 Å². The first-order valence-electron chi connectivity index (χ1n) is 6.58. The van der Waals surface area contributed by atoms with E-state index >= 15 is 0 Å². The van der Waals surface area contributed by atoms with Gasteiger partial charge in [0.2, 0.25) is 0 Å². The molecule has 100 valence electrons. The van der Waals surface area contributed by atoms with Crippen LogP contribution in [0.2, 0.25) is 0 Å². The van der Waals surface area contributed by atoms with Crippen LogP contribution in [0.3, 0.4) is 0 Å². The second kappa shape index (κ2) is 5.79. The van der Waals surface area contributed by atoms with Gasteiger partial charge in [0.25, 0.3) is 0 Å². The number of benzene rings is 2.